The highest BCUT2D eigenvalue weighted by Crippen LogP contribution is 2.40. The summed E-state index contributed by atoms with van der Waals surface area (Å²) < 4.78 is 1.85. The summed E-state index contributed by atoms with van der Waals surface area (Å²) in [6.45, 7) is 0.364. The fourth-order valence-electron chi connectivity index (χ4n) is 3.35. The van der Waals surface area contributed by atoms with Gasteiger partial charge in [-0.05, 0) is 11.4 Å². The average molecular weight is 452 g/mol. The van der Waals surface area contributed by atoms with Gasteiger partial charge in [0.15, 0.2) is 18.9 Å². The molecular weight excluding hydrogens is 434 g/mol. The molecule has 2 aliphatic rings. The number of hydrogen-bond acceptors (Lipinski definition) is 6. The number of nitrogens with zero attached hydrogens (tertiary/aromatic N) is 2. The summed E-state index contributed by atoms with van der Waals surface area (Å²) in [5, 5.41) is 16.0. The van der Waals surface area contributed by atoms with Crippen LogP contribution in [0.1, 0.15) is 4.88 Å². The molecule has 0 saturated carbocycles. The van der Waals surface area contributed by atoms with Crippen molar-refractivity contribution in [1.29, 1.82) is 0 Å². The number of fused-ring (bicyclic) bond motifs is 1. The molecular formula is C19H18ClN3O4S2. The third-order valence-corrected chi connectivity index (χ3v) is 6.84. The van der Waals surface area contributed by atoms with Gasteiger partial charge >= 0.3 is 0 Å². The van der Waals surface area contributed by atoms with E-state index in [4.69, 9.17) is 0 Å². The molecule has 0 aliphatic carbocycles. The second kappa shape index (κ2) is 8.98. The Kier molecular flexibility index (Phi) is 6.61. The molecule has 2 aromatic rings. The number of rotatable bonds is 6. The van der Waals surface area contributed by atoms with Crippen molar-refractivity contribution in [3.05, 3.63) is 64.3 Å². The molecule has 2 amide bonds. The van der Waals surface area contributed by atoms with Crippen LogP contribution in [0, 0.1) is 0 Å². The Balaban J connectivity index is 0.00000240. The highest BCUT2D eigenvalue weighted by molar-refractivity contribution is 8.00. The summed E-state index contributed by atoms with van der Waals surface area (Å²) in [5.74, 6) is -1.57. The molecule has 0 aromatic carbocycles. The van der Waals surface area contributed by atoms with Crippen molar-refractivity contribution in [3.63, 3.8) is 0 Å². The van der Waals surface area contributed by atoms with Crippen LogP contribution in [-0.4, -0.2) is 39.9 Å². The number of thioether (sulfide) groups is 1. The van der Waals surface area contributed by atoms with Crippen LogP contribution in [0.3, 0.4) is 0 Å². The largest absolute Gasteiger partial charge is 0.543 e. The van der Waals surface area contributed by atoms with Gasteiger partial charge < -0.3 is 15.2 Å². The van der Waals surface area contributed by atoms with Gasteiger partial charge in [-0.2, -0.15) is 0 Å². The molecule has 2 aliphatic heterocycles. The Labute approximate surface area is 181 Å². The second-order valence-electron chi connectivity index (χ2n) is 6.50. The minimum absolute atomic E-state index is 0. The lowest BCUT2D eigenvalue weighted by Crippen LogP contribution is -2.71. The lowest BCUT2D eigenvalue weighted by Gasteiger charge is -2.50. The Morgan fingerprint density at radius 1 is 1.24 bits per heavy atom. The van der Waals surface area contributed by atoms with Gasteiger partial charge in [0.05, 0.1) is 18.1 Å². The van der Waals surface area contributed by atoms with E-state index in [0.717, 1.165) is 4.88 Å². The van der Waals surface area contributed by atoms with Crippen molar-refractivity contribution in [2.75, 3.05) is 5.75 Å². The van der Waals surface area contributed by atoms with Crippen LogP contribution in [0.15, 0.2) is 59.4 Å². The maximum atomic E-state index is 12.6. The van der Waals surface area contributed by atoms with Crippen LogP contribution >= 0.6 is 35.5 Å². The summed E-state index contributed by atoms with van der Waals surface area (Å²) in [4.78, 5) is 38.8. The van der Waals surface area contributed by atoms with Crippen molar-refractivity contribution < 1.29 is 24.1 Å². The fraction of sp³-hybridized carbons (Fsp3) is 0.263. The standard InChI is InChI=1S/C19H17N3O4S2.ClH/c23-14(9-13-5-4-8-27-13)20-15-17(24)22-16(19(25)26)12(11-28-18(15)22)10-21-6-2-1-3-7-21;/h1-8,15,18H,9-11H2,(H-,20,23,25,26);1H/t15?,18-;/m1./s1. The van der Waals surface area contributed by atoms with Crippen molar-refractivity contribution >= 4 is 53.3 Å². The third kappa shape index (κ3) is 4.31. The van der Waals surface area contributed by atoms with Gasteiger partial charge in [0, 0.05) is 28.3 Å². The lowest BCUT2D eigenvalue weighted by molar-refractivity contribution is -0.689. The number of pyridine rings is 1. The molecule has 4 heterocycles. The van der Waals surface area contributed by atoms with E-state index in [0.29, 0.717) is 17.9 Å². The summed E-state index contributed by atoms with van der Waals surface area (Å²) >= 11 is 2.93. The number of hydrogen-bond donors (Lipinski definition) is 1. The fourth-order valence-corrected chi connectivity index (χ4v) is 5.39. The van der Waals surface area contributed by atoms with Crippen molar-refractivity contribution in [1.82, 2.24) is 10.2 Å². The molecule has 2 aromatic heterocycles. The first kappa shape index (κ1) is 21.4. The van der Waals surface area contributed by atoms with Gasteiger partial charge in [-0.1, -0.05) is 12.1 Å². The maximum absolute atomic E-state index is 12.6. The number of β-lactam (4-membered cyclic amide) rings is 1. The van der Waals surface area contributed by atoms with E-state index in [1.165, 1.54) is 28.0 Å². The molecule has 0 spiro atoms. The predicted molar refractivity (Wildman–Crippen MR) is 109 cm³/mol. The van der Waals surface area contributed by atoms with Gasteiger partial charge in [-0.25, -0.2) is 4.57 Å². The zero-order valence-electron chi connectivity index (χ0n) is 15.1. The highest BCUT2D eigenvalue weighted by Gasteiger charge is 2.53. The van der Waals surface area contributed by atoms with Crippen molar-refractivity contribution in [2.45, 2.75) is 24.4 Å². The lowest BCUT2D eigenvalue weighted by atomic mass is 10.0. The zero-order valence-corrected chi connectivity index (χ0v) is 17.6. The molecule has 1 N–H and O–H groups in total. The van der Waals surface area contributed by atoms with Crippen molar-refractivity contribution in [3.8, 4) is 0 Å². The van der Waals surface area contributed by atoms with Crippen LogP contribution in [0.5, 0.6) is 0 Å². The average Bonchev–Trinajstić information content (AvgIpc) is 3.19. The smallest absolute Gasteiger partial charge is 0.253 e. The molecule has 10 heteroatoms. The number of halogens is 1. The highest BCUT2D eigenvalue weighted by atomic mass is 35.5. The van der Waals surface area contributed by atoms with E-state index < -0.39 is 23.3 Å². The van der Waals surface area contributed by atoms with E-state index in [1.807, 2.05) is 52.7 Å². The van der Waals surface area contributed by atoms with Gasteiger partial charge in [0.25, 0.3) is 5.91 Å². The normalized spacial score (nSPS) is 20.4. The van der Waals surface area contributed by atoms with Crippen LogP contribution < -0.4 is 15.0 Å². The second-order valence-corrected chi connectivity index (χ2v) is 8.64. The minimum Gasteiger partial charge on any atom is -0.543 e. The van der Waals surface area contributed by atoms with Crippen LogP contribution in [-0.2, 0) is 27.3 Å². The zero-order chi connectivity index (χ0) is 19.7. The number of aliphatic carboxylic acids is 1. The first-order chi connectivity index (χ1) is 13.5. The summed E-state index contributed by atoms with van der Waals surface area (Å²) in [6.07, 6.45) is 3.88. The van der Waals surface area contributed by atoms with E-state index >= 15 is 0 Å². The molecule has 29 heavy (non-hydrogen) atoms. The molecule has 7 nitrogen and oxygen atoms in total. The first-order valence-corrected chi connectivity index (χ1v) is 10.6. The molecule has 1 saturated heterocycles. The molecule has 1 unspecified atom stereocenters. The van der Waals surface area contributed by atoms with Gasteiger partial charge in [-0.3, -0.25) is 14.5 Å². The van der Waals surface area contributed by atoms with Gasteiger partial charge in [-0.15, -0.1) is 35.5 Å². The Morgan fingerprint density at radius 3 is 2.66 bits per heavy atom. The van der Waals surface area contributed by atoms with Crippen LogP contribution in [0.4, 0.5) is 0 Å². The maximum Gasteiger partial charge on any atom is 0.253 e. The van der Waals surface area contributed by atoms with Gasteiger partial charge in [0.2, 0.25) is 5.91 Å². The Morgan fingerprint density at radius 2 is 2.00 bits per heavy atom. The van der Waals surface area contributed by atoms with Crippen LogP contribution in [0.25, 0.3) is 0 Å². The molecule has 4 rings (SSSR count). The van der Waals surface area contributed by atoms with E-state index in [1.54, 1.807) is 0 Å². The van der Waals surface area contributed by atoms with Crippen molar-refractivity contribution in [2.24, 2.45) is 0 Å². The SMILES string of the molecule is Cl.O=C(Cc1cccs1)NC1C(=O)N2C(C(=O)[O-])=C(C[n+]3ccccc3)CS[C@H]12. The number of thiophene rings is 1. The number of carboxylic acid groups (broad SMARTS) is 1. The number of carboxylic acids is 1. The van der Waals surface area contributed by atoms with E-state index in [2.05, 4.69) is 5.32 Å². The number of carbonyl (C=O) groups excluding carboxylic acids is 3. The number of aromatic nitrogens is 1. The quantitative estimate of drug-likeness (QED) is 0.497. The molecule has 0 bridgehead atoms. The van der Waals surface area contributed by atoms with E-state index in [9.17, 15) is 19.5 Å². The minimum atomic E-state index is -1.37. The summed E-state index contributed by atoms with van der Waals surface area (Å²) in [7, 11) is 0. The Bertz CT molecular complexity index is 950. The number of nitrogens with one attached hydrogen (secondary N) is 1. The topological polar surface area (TPSA) is 93.4 Å². The monoisotopic (exact) mass is 451 g/mol. The third-order valence-electron chi connectivity index (χ3n) is 4.62. The number of carbonyl (C=O) groups is 3. The molecule has 152 valence electrons. The Hall–Kier alpha value is -2.36. The summed E-state index contributed by atoms with van der Waals surface area (Å²) in [5.41, 5.74) is 0.544. The van der Waals surface area contributed by atoms with Gasteiger partial charge in [0.1, 0.15) is 11.4 Å². The molecule has 0 radical (unpaired) electrons. The van der Waals surface area contributed by atoms with Crippen LogP contribution in [0.2, 0.25) is 0 Å². The number of amides is 2. The molecule has 1 fully saturated rings. The van der Waals surface area contributed by atoms with E-state index in [-0.39, 0.29) is 30.4 Å². The molecule has 2 atom stereocenters. The summed E-state index contributed by atoms with van der Waals surface area (Å²) in [6, 6.07) is 8.59. The predicted octanol–water partition coefficient (Wildman–Crippen LogP) is 0.104. The first-order valence-electron chi connectivity index (χ1n) is 8.68.